The number of rotatable bonds is 3. The Hall–Kier alpha value is -2.15. The van der Waals surface area contributed by atoms with Crippen molar-refractivity contribution < 1.29 is 14.3 Å². The number of carbonyl (C=O) groups excluding carboxylic acids is 2. The lowest BCUT2D eigenvalue weighted by Gasteiger charge is -2.11. The smallest absolute Gasteiger partial charge is 0.341 e. The summed E-state index contributed by atoms with van der Waals surface area (Å²) in [6, 6.07) is 0. The summed E-state index contributed by atoms with van der Waals surface area (Å²) >= 11 is 1.47. The number of ether oxygens (including phenoxy) is 1. The van der Waals surface area contributed by atoms with E-state index in [1.165, 1.54) is 35.7 Å². The van der Waals surface area contributed by atoms with Gasteiger partial charge in [-0.05, 0) is 31.2 Å². The molecule has 0 radical (unpaired) electrons. The van der Waals surface area contributed by atoms with Crippen LogP contribution in [0.1, 0.15) is 44.0 Å². The van der Waals surface area contributed by atoms with Gasteiger partial charge in [-0.1, -0.05) is 0 Å². The highest BCUT2D eigenvalue weighted by atomic mass is 32.1. The second-order valence-corrected chi connectivity index (χ2v) is 5.95. The summed E-state index contributed by atoms with van der Waals surface area (Å²) < 4.78 is 4.87. The second-order valence-electron chi connectivity index (χ2n) is 4.85. The lowest BCUT2D eigenvalue weighted by Crippen LogP contribution is -2.14. The molecule has 21 heavy (non-hydrogen) atoms. The van der Waals surface area contributed by atoms with Crippen molar-refractivity contribution in [2.45, 2.75) is 25.7 Å². The minimum atomic E-state index is -0.392. The zero-order valence-corrected chi connectivity index (χ0v) is 12.4. The Bertz CT molecular complexity index is 676. The lowest BCUT2D eigenvalue weighted by atomic mass is 9.95. The van der Waals surface area contributed by atoms with E-state index in [9.17, 15) is 9.59 Å². The molecule has 0 spiro atoms. The maximum absolute atomic E-state index is 12.1. The van der Waals surface area contributed by atoms with Crippen molar-refractivity contribution in [3.63, 3.8) is 0 Å². The second kappa shape index (κ2) is 5.69. The van der Waals surface area contributed by atoms with E-state index < -0.39 is 5.97 Å². The molecule has 1 aliphatic carbocycles. The van der Waals surface area contributed by atoms with E-state index in [4.69, 9.17) is 4.74 Å². The third-order valence-corrected chi connectivity index (χ3v) is 4.76. The summed E-state index contributed by atoms with van der Waals surface area (Å²) in [4.78, 5) is 25.4. The zero-order chi connectivity index (χ0) is 14.8. The van der Waals surface area contributed by atoms with Crippen molar-refractivity contribution in [1.82, 2.24) is 10.2 Å². The summed E-state index contributed by atoms with van der Waals surface area (Å²) in [7, 11) is 1.36. The number of carbonyl (C=O) groups is 2. The van der Waals surface area contributed by atoms with Crippen molar-refractivity contribution >= 4 is 28.2 Å². The van der Waals surface area contributed by atoms with Gasteiger partial charge in [-0.25, -0.2) is 4.79 Å². The van der Waals surface area contributed by atoms with Crippen LogP contribution in [-0.4, -0.2) is 29.2 Å². The number of amides is 1. The van der Waals surface area contributed by atoms with Crippen molar-refractivity contribution in [3.8, 4) is 0 Å². The Morgan fingerprint density at radius 1 is 1.38 bits per heavy atom. The average molecular weight is 305 g/mol. The van der Waals surface area contributed by atoms with Crippen LogP contribution in [0, 0.1) is 0 Å². The van der Waals surface area contributed by atoms with Crippen LogP contribution in [0.15, 0.2) is 12.4 Å². The highest BCUT2D eigenvalue weighted by Crippen LogP contribution is 2.38. The summed E-state index contributed by atoms with van der Waals surface area (Å²) in [5.74, 6) is -0.676. The molecule has 2 aromatic rings. The number of H-pyrrole nitrogens is 1. The van der Waals surface area contributed by atoms with Gasteiger partial charge in [0.15, 0.2) is 0 Å². The van der Waals surface area contributed by atoms with Crippen LogP contribution in [0.4, 0.5) is 5.00 Å². The third-order valence-electron chi connectivity index (χ3n) is 3.55. The number of anilines is 1. The van der Waals surface area contributed by atoms with E-state index in [2.05, 4.69) is 15.5 Å². The summed E-state index contributed by atoms with van der Waals surface area (Å²) in [5, 5.41) is 9.72. The van der Waals surface area contributed by atoms with Gasteiger partial charge >= 0.3 is 5.97 Å². The van der Waals surface area contributed by atoms with Gasteiger partial charge < -0.3 is 10.1 Å². The van der Waals surface area contributed by atoms with E-state index in [1.807, 2.05) is 0 Å². The van der Waals surface area contributed by atoms with Crippen molar-refractivity contribution in [1.29, 1.82) is 0 Å². The normalized spacial score (nSPS) is 13.6. The van der Waals surface area contributed by atoms with Gasteiger partial charge in [-0.3, -0.25) is 9.89 Å². The highest BCUT2D eigenvalue weighted by molar-refractivity contribution is 7.17. The van der Waals surface area contributed by atoms with E-state index >= 15 is 0 Å². The molecule has 3 rings (SSSR count). The zero-order valence-electron chi connectivity index (χ0n) is 11.6. The topological polar surface area (TPSA) is 84.1 Å². The largest absolute Gasteiger partial charge is 0.465 e. The fraction of sp³-hybridized carbons (Fsp3) is 0.357. The standard InChI is InChI=1S/C14H15N3O3S/c1-20-14(19)11-9-4-2-3-5-10(9)21-13(11)17-12(18)8-6-15-16-7-8/h6-7H,2-5H2,1H3,(H,15,16)(H,17,18). The van der Waals surface area contributed by atoms with Crippen LogP contribution in [0.3, 0.4) is 0 Å². The van der Waals surface area contributed by atoms with Gasteiger partial charge in [-0.15, -0.1) is 11.3 Å². The molecule has 1 amide bonds. The predicted molar refractivity (Wildman–Crippen MR) is 78.8 cm³/mol. The fourth-order valence-electron chi connectivity index (χ4n) is 2.52. The highest BCUT2D eigenvalue weighted by Gasteiger charge is 2.27. The minimum absolute atomic E-state index is 0.285. The summed E-state index contributed by atoms with van der Waals surface area (Å²) in [6.45, 7) is 0. The van der Waals surface area contributed by atoms with Crippen LogP contribution < -0.4 is 5.32 Å². The molecule has 0 aliphatic heterocycles. The molecular weight excluding hydrogens is 290 g/mol. The van der Waals surface area contributed by atoms with Gasteiger partial charge in [0.25, 0.3) is 5.91 Å². The van der Waals surface area contributed by atoms with Crippen LogP contribution >= 0.6 is 11.3 Å². The number of nitrogens with one attached hydrogen (secondary N) is 2. The maximum Gasteiger partial charge on any atom is 0.341 e. The molecule has 2 heterocycles. The predicted octanol–water partition coefficient (Wildman–Crippen LogP) is 2.39. The van der Waals surface area contributed by atoms with E-state index in [-0.39, 0.29) is 5.91 Å². The summed E-state index contributed by atoms with van der Waals surface area (Å²) in [6.07, 6.45) is 6.94. The molecule has 0 saturated heterocycles. The van der Waals surface area contributed by atoms with Crippen molar-refractivity contribution in [2.24, 2.45) is 0 Å². The number of hydrogen-bond donors (Lipinski definition) is 2. The molecule has 6 nitrogen and oxygen atoms in total. The Balaban J connectivity index is 1.95. The number of methoxy groups -OCH3 is 1. The number of esters is 1. The molecule has 1 aliphatic rings. The number of aryl methyl sites for hydroxylation is 1. The Labute approximate surface area is 125 Å². The Kier molecular flexibility index (Phi) is 3.74. The quantitative estimate of drug-likeness (QED) is 0.853. The Morgan fingerprint density at radius 3 is 2.90 bits per heavy atom. The van der Waals surface area contributed by atoms with E-state index in [0.29, 0.717) is 16.1 Å². The fourth-order valence-corrected chi connectivity index (χ4v) is 3.79. The van der Waals surface area contributed by atoms with Gasteiger partial charge in [0, 0.05) is 11.1 Å². The van der Waals surface area contributed by atoms with Crippen LogP contribution in [0.25, 0.3) is 0 Å². The van der Waals surface area contributed by atoms with Crippen LogP contribution in [-0.2, 0) is 17.6 Å². The van der Waals surface area contributed by atoms with Gasteiger partial charge in [0.05, 0.1) is 24.4 Å². The van der Waals surface area contributed by atoms with E-state index in [1.54, 1.807) is 0 Å². The maximum atomic E-state index is 12.1. The third kappa shape index (κ3) is 2.56. The minimum Gasteiger partial charge on any atom is -0.465 e. The molecule has 0 saturated carbocycles. The van der Waals surface area contributed by atoms with Crippen molar-refractivity contribution in [3.05, 3.63) is 34.0 Å². The molecule has 2 aromatic heterocycles. The monoisotopic (exact) mass is 305 g/mol. The molecule has 2 N–H and O–H groups in total. The first-order valence-electron chi connectivity index (χ1n) is 6.73. The molecule has 0 bridgehead atoms. The van der Waals surface area contributed by atoms with Gasteiger partial charge in [-0.2, -0.15) is 5.10 Å². The number of aromatic nitrogens is 2. The molecule has 0 aromatic carbocycles. The van der Waals surface area contributed by atoms with Crippen molar-refractivity contribution in [2.75, 3.05) is 12.4 Å². The van der Waals surface area contributed by atoms with Crippen LogP contribution in [0.5, 0.6) is 0 Å². The van der Waals surface area contributed by atoms with Gasteiger partial charge in [0.1, 0.15) is 5.00 Å². The first-order valence-corrected chi connectivity index (χ1v) is 7.55. The molecule has 0 fully saturated rings. The number of aromatic amines is 1. The lowest BCUT2D eigenvalue weighted by molar-refractivity contribution is 0.0601. The summed E-state index contributed by atoms with van der Waals surface area (Å²) in [5.41, 5.74) is 1.96. The molecular formula is C14H15N3O3S. The Morgan fingerprint density at radius 2 is 2.19 bits per heavy atom. The first kappa shape index (κ1) is 13.8. The average Bonchev–Trinajstić information content (AvgIpc) is 3.13. The van der Waals surface area contributed by atoms with E-state index in [0.717, 1.165) is 31.2 Å². The number of fused-ring (bicyclic) bond motifs is 1. The molecule has 0 unspecified atom stereocenters. The van der Waals surface area contributed by atoms with Gasteiger partial charge in [0.2, 0.25) is 0 Å². The number of thiophene rings is 1. The SMILES string of the molecule is COC(=O)c1c(NC(=O)c2cn[nH]c2)sc2c1CCCC2. The first-order chi connectivity index (χ1) is 10.2. The van der Waals surface area contributed by atoms with Crippen LogP contribution in [0.2, 0.25) is 0 Å². The number of hydrogen-bond acceptors (Lipinski definition) is 5. The molecule has 7 heteroatoms. The number of nitrogens with zero attached hydrogens (tertiary/aromatic N) is 1. The molecule has 0 atom stereocenters. The molecule has 110 valence electrons.